The molecule has 3 aliphatic rings. The number of ether oxygens (including phenoxy) is 1. The summed E-state index contributed by atoms with van der Waals surface area (Å²) in [5.41, 5.74) is 0. The lowest BCUT2D eigenvalue weighted by Crippen LogP contribution is -2.53. The van der Waals surface area contributed by atoms with Gasteiger partial charge in [0.15, 0.2) is 0 Å². The van der Waals surface area contributed by atoms with Crippen molar-refractivity contribution in [3.05, 3.63) is 0 Å². The highest BCUT2D eigenvalue weighted by Gasteiger charge is 2.40. The molecule has 0 aromatic carbocycles. The molecule has 0 aromatic rings. The first kappa shape index (κ1) is 10.4. The molecule has 0 spiro atoms. The van der Waals surface area contributed by atoms with Gasteiger partial charge in [-0.2, -0.15) is 0 Å². The minimum absolute atomic E-state index is 0.0724. The highest BCUT2D eigenvalue weighted by molar-refractivity contribution is 5.69. The van der Waals surface area contributed by atoms with Crippen LogP contribution < -0.4 is 5.32 Å². The minimum atomic E-state index is -0.0724. The minimum Gasteiger partial charge on any atom is -0.446 e. The molecule has 3 rings (SSSR count). The van der Waals surface area contributed by atoms with Crippen molar-refractivity contribution in [2.75, 3.05) is 19.6 Å². The summed E-state index contributed by atoms with van der Waals surface area (Å²) in [6, 6.07) is 0.371. The third-order valence-electron chi connectivity index (χ3n) is 4.23. The van der Waals surface area contributed by atoms with E-state index < -0.39 is 0 Å². The molecule has 16 heavy (non-hydrogen) atoms. The number of nitrogens with zero attached hydrogens (tertiary/aromatic N) is 1. The van der Waals surface area contributed by atoms with Crippen LogP contribution >= 0.6 is 0 Å². The predicted molar refractivity (Wildman–Crippen MR) is 60.2 cm³/mol. The average molecular weight is 224 g/mol. The predicted octanol–water partition coefficient (Wildman–Crippen LogP) is 1.36. The van der Waals surface area contributed by atoms with E-state index in [0.717, 1.165) is 32.5 Å². The number of nitrogens with one attached hydrogen (secondary N) is 1. The molecule has 2 heterocycles. The largest absolute Gasteiger partial charge is 0.446 e. The molecule has 3 fully saturated rings. The van der Waals surface area contributed by atoms with Crippen LogP contribution in [0.4, 0.5) is 4.79 Å². The Balaban J connectivity index is 1.68. The molecule has 1 saturated carbocycles. The van der Waals surface area contributed by atoms with E-state index in [1.165, 1.54) is 19.3 Å². The summed E-state index contributed by atoms with van der Waals surface area (Å²) >= 11 is 0. The van der Waals surface area contributed by atoms with E-state index in [0.29, 0.717) is 12.0 Å². The fourth-order valence-corrected chi connectivity index (χ4v) is 3.27. The van der Waals surface area contributed by atoms with Crippen LogP contribution in [-0.4, -0.2) is 42.8 Å². The Morgan fingerprint density at radius 1 is 1.25 bits per heavy atom. The molecule has 1 aliphatic carbocycles. The van der Waals surface area contributed by atoms with Crippen molar-refractivity contribution in [2.45, 2.75) is 44.2 Å². The smallest absolute Gasteiger partial charge is 0.410 e. The summed E-state index contributed by atoms with van der Waals surface area (Å²) in [6.07, 6.45) is 6.05. The Kier molecular flexibility index (Phi) is 2.75. The van der Waals surface area contributed by atoms with Crippen molar-refractivity contribution >= 4 is 6.09 Å². The van der Waals surface area contributed by atoms with E-state index in [-0.39, 0.29) is 12.2 Å². The Bertz CT molecular complexity index is 276. The quantitative estimate of drug-likeness (QED) is 0.731. The van der Waals surface area contributed by atoms with E-state index in [1.807, 2.05) is 4.90 Å². The van der Waals surface area contributed by atoms with Crippen LogP contribution in [0, 0.1) is 5.92 Å². The average Bonchev–Trinajstić information content (AvgIpc) is 2.81. The summed E-state index contributed by atoms with van der Waals surface area (Å²) < 4.78 is 5.57. The summed E-state index contributed by atoms with van der Waals surface area (Å²) in [4.78, 5) is 13.9. The lowest BCUT2D eigenvalue weighted by molar-refractivity contribution is -0.0390. The lowest BCUT2D eigenvalue weighted by Gasteiger charge is -2.42. The van der Waals surface area contributed by atoms with Gasteiger partial charge in [-0.25, -0.2) is 4.79 Å². The number of fused-ring (bicyclic) bond motifs is 1. The maximum atomic E-state index is 11.9. The normalized spacial score (nSPS) is 39.4. The number of hydrogen-bond acceptors (Lipinski definition) is 3. The molecule has 4 nitrogen and oxygen atoms in total. The molecule has 2 aliphatic heterocycles. The number of carbonyl (C=O) groups excluding carboxylic acids is 1. The van der Waals surface area contributed by atoms with Gasteiger partial charge >= 0.3 is 6.09 Å². The van der Waals surface area contributed by atoms with E-state index >= 15 is 0 Å². The third-order valence-corrected chi connectivity index (χ3v) is 4.23. The monoisotopic (exact) mass is 224 g/mol. The van der Waals surface area contributed by atoms with Crippen LogP contribution in [0.1, 0.15) is 32.1 Å². The van der Waals surface area contributed by atoms with Gasteiger partial charge in [0.1, 0.15) is 6.10 Å². The third kappa shape index (κ3) is 1.79. The van der Waals surface area contributed by atoms with Crippen molar-refractivity contribution in [2.24, 2.45) is 5.92 Å². The topological polar surface area (TPSA) is 41.6 Å². The van der Waals surface area contributed by atoms with Crippen molar-refractivity contribution in [3.63, 3.8) is 0 Å². The molecule has 0 radical (unpaired) electrons. The summed E-state index contributed by atoms with van der Waals surface area (Å²) in [5, 5.41) is 3.31. The highest BCUT2D eigenvalue weighted by Crippen LogP contribution is 2.32. The van der Waals surface area contributed by atoms with Crippen molar-refractivity contribution in [1.29, 1.82) is 0 Å². The van der Waals surface area contributed by atoms with Gasteiger partial charge in [-0.1, -0.05) is 6.42 Å². The van der Waals surface area contributed by atoms with Gasteiger partial charge in [0.05, 0.1) is 0 Å². The molecule has 3 unspecified atom stereocenters. The first-order valence-corrected chi connectivity index (χ1v) is 6.52. The van der Waals surface area contributed by atoms with Crippen molar-refractivity contribution < 1.29 is 9.53 Å². The zero-order valence-electron chi connectivity index (χ0n) is 9.65. The molecule has 3 atom stereocenters. The first-order valence-electron chi connectivity index (χ1n) is 6.52. The molecule has 1 amide bonds. The molecule has 1 N–H and O–H groups in total. The van der Waals surface area contributed by atoms with Crippen LogP contribution in [0.3, 0.4) is 0 Å². The molecule has 90 valence electrons. The van der Waals surface area contributed by atoms with Crippen LogP contribution in [0.15, 0.2) is 0 Å². The lowest BCUT2D eigenvalue weighted by atomic mass is 9.85. The van der Waals surface area contributed by atoms with Gasteiger partial charge in [0.2, 0.25) is 0 Å². The number of amides is 1. The van der Waals surface area contributed by atoms with Crippen LogP contribution in [0.5, 0.6) is 0 Å². The van der Waals surface area contributed by atoms with E-state index in [4.69, 9.17) is 4.74 Å². The van der Waals surface area contributed by atoms with Gasteiger partial charge in [0.25, 0.3) is 0 Å². The number of hydrogen-bond donors (Lipinski definition) is 1. The van der Waals surface area contributed by atoms with Crippen LogP contribution in [0.25, 0.3) is 0 Å². The summed E-state index contributed by atoms with van der Waals surface area (Å²) in [6.45, 7) is 2.89. The molecule has 4 heteroatoms. The zero-order chi connectivity index (χ0) is 11.0. The Hall–Kier alpha value is -0.770. The van der Waals surface area contributed by atoms with Gasteiger partial charge < -0.3 is 15.0 Å². The van der Waals surface area contributed by atoms with E-state index in [2.05, 4.69) is 5.32 Å². The summed E-state index contributed by atoms with van der Waals surface area (Å²) in [5.74, 6) is 0.590. The molecule has 0 bridgehead atoms. The first-order chi connectivity index (χ1) is 7.84. The summed E-state index contributed by atoms with van der Waals surface area (Å²) in [7, 11) is 0. The molecular formula is C12H20N2O2. The van der Waals surface area contributed by atoms with Crippen molar-refractivity contribution in [1.82, 2.24) is 10.2 Å². The van der Waals surface area contributed by atoms with Crippen molar-refractivity contribution in [3.8, 4) is 0 Å². The SMILES string of the molecule is O=C1OC2CCCCC2CN1C1CCNC1. The number of rotatable bonds is 1. The second-order valence-electron chi connectivity index (χ2n) is 5.27. The standard InChI is InChI=1S/C12H20N2O2/c15-12-14(10-5-6-13-7-10)8-9-3-1-2-4-11(9)16-12/h9-11,13H,1-8H2. The molecule has 2 saturated heterocycles. The fraction of sp³-hybridized carbons (Fsp3) is 0.917. The van der Waals surface area contributed by atoms with E-state index in [1.54, 1.807) is 0 Å². The van der Waals surface area contributed by atoms with Gasteiger partial charge in [0, 0.05) is 25.0 Å². The maximum Gasteiger partial charge on any atom is 0.410 e. The maximum absolute atomic E-state index is 11.9. The molecular weight excluding hydrogens is 204 g/mol. The highest BCUT2D eigenvalue weighted by atomic mass is 16.6. The van der Waals surface area contributed by atoms with Gasteiger partial charge in [-0.15, -0.1) is 0 Å². The van der Waals surface area contributed by atoms with Crippen LogP contribution in [0.2, 0.25) is 0 Å². The Morgan fingerprint density at radius 2 is 2.12 bits per heavy atom. The second-order valence-corrected chi connectivity index (χ2v) is 5.27. The van der Waals surface area contributed by atoms with Gasteiger partial charge in [-0.3, -0.25) is 0 Å². The zero-order valence-corrected chi connectivity index (χ0v) is 9.65. The molecule has 0 aromatic heterocycles. The van der Waals surface area contributed by atoms with E-state index in [9.17, 15) is 4.79 Å². The fourth-order valence-electron chi connectivity index (χ4n) is 3.27. The Labute approximate surface area is 96.3 Å². The van der Waals surface area contributed by atoms with Crippen LogP contribution in [-0.2, 0) is 4.74 Å². The van der Waals surface area contributed by atoms with Gasteiger partial charge in [-0.05, 0) is 32.2 Å². The second kappa shape index (κ2) is 4.24. The number of carbonyl (C=O) groups is 1. The Morgan fingerprint density at radius 3 is 2.94 bits per heavy atom.